The summed E-state index contributed by atoms with van der Waals surface area (Å²) in [5.41, 5.74) is 11.5. The highest BCUT2D eigenvalue weighted by Crippen LogP contribution is 2.15. The minimum Gasteiger partial charge on any atom is -0.399 e. The molecule has 1 amide bonds. The van der Waals surface area contributed by atoms with Crippen molar-refractivity contribution in [1.82, 2.24) is 14.8 Å². The van der Waals surface area contributed by atoms with E-state index in [4.69, 9.17) is 23.1 Å². The molecule has 4 N–H and O–H groups in total. The predicted octanol–water partition coefficient (Wildman–Crippen LogP) is 0.602. The topological polar surface area (TPSA) is 99.8 Å². The maximum Gasteiger partial charge on any atom is 0.251 e. The number of carbonyl (C=O) groups excluding carboxylic acids is 1. The zero-order valence-corrected chi connectivity index (χ0v) is 8.85. The number of nitrogen functional groups attached to an aromatic ring is 1. The van der Waals surface area contributed by atoms with Gasteiger partial charge in [-0.05, 0) is 6.07 Å². The number of amides is 1. The van der Waals surface area contributed by atoms with E-state index in [1.165, 1.54) is 23.1 Å². The molecular weight excluding hydrogens is 230 g/mol. The van der Waals surface area contributed by atoms with Crippen LogP contribution in [0.4, 0.5) is 5.69 Å². The maximum atomic E-state index is 10.9. The highest BCUT2D eigenvalue weighted by molar-refractivity contribution is 6.29. The fourth-order valence-electron chi connectivity index (χ4n) is 1.19. The Kier molecular flexibility index (Phi) is 2.49. The van der Waals surface area contributed by atoms with Crippen molar-refractivity contribution in [3.63, 3.8) is 0 Å². The van der Waals surface area contributed by atoms with Crippen molar-refractivity contribution in [1.29, 1.82) is 0 Å². The average Bonchev–Trinajstić information content (AvgIpc) is 2.64. The fourth-order valence-corrected chi connectivity index (χ4v) is 1.41. The molecule has 2 heterocycles. The molecule has 0 aliphatic carbocycles. The molecule has 0 aromatic carbocycles. The summed E-state index contributed by atoms with van der Waals surface area (Å²) in [6.07, 6.45) is 2.81. The Balaban J connectivity index is 2.46. The van der Waals surface area contributed by atoms with Crippen molar-refractivity contribution < 1.29 is 4.79 Å². The van der Waals surface area contributed by atoms with Gasteiger partial charge < -0.3 is 11.5 Å². The molecule has 7 heteroatoms. The molecule has 0 atom stereocenters. The minimum atomic E-state index is -0.554. The van der Waals surface area contributed by atoms with E-state index in [0.29, 0.717) is 17.1 Å². The maximum absolute atomic E-state index is 10.9. The molecule has 0 unspecified atom stereocenters. The zero-order valence-electron chi connectivity index (χ0n) is 8.09. The molecule has 0 radical (unpaired) electrons. The summed E-state index contributed by atoms with van der Waals surface area (Å²) in [6, 6.07) is 3.10. The normalized spacial score (nSPS) is 10.3. The Morgan fingerprint density at radius 2 is 2.19 bits per heavy atom. The van der Waals surface area contributed by atoms with Crippen LogP contribution in [0.2, 0.25) is 5.15 Å². The second-order valence-electron chi connectivity index (χ2n) is 3.12. The monoisotopic (exact) mass is 237 g/mol. The third-order valence-electron chi connectivity index (χ3n) is 1.90. The van der Waals surface area contributed by atoms with E-state index >= 15 is 0 Å². The van der Waals surface area contributed by atoms with Gasteiger partial charge in [0, 0.05) is 18.0 Å². The lowest BCUT2D eigenvalue weighted by atomic mass is 10.3. The smallest absolute Gasteiger partial charge is 0.251 e. The SMILES string of the molecule is NC(=O)c1cnn(-c2cc(N)cc(Cl)n2)c1. The molecule has 0 bridgehead atoms. The quantitative estimate of drug-likeness (QED) is 0.747. The number of halogens is 1. The number of rotatable bonds is 2. The molecular formula is C9H8ClN5O. The lowest BCUT2D eigenvalue weighted by Crippen LogP contribution is -2.09. The number of hydrogen-bond donors (Lipinski definition) is 2. The molecule has 82 valence electrons. The van der Waals surface area contributed by atoms with Gasteiger partial charge in [0.05, 0.1) is 11.8 Å². The van der Waals surface area contributed by atoms with E-state index in [9.17, 15) is 4.79 Å². The molecule has 0 aliphatic heterocycles. The van der Waals surface area contributed by atoms with Crippen LogP contribution in [0.25, 0.3) is 5.82 Å². The second kappa shape index (κ2) is 3.82. The number of hydrogen-bond acceptors (Lipinski definition) is 4. The Bertz CT molecular complexity index is 530. The summed E-state index contributed by atoms with van der Waals surface area (Å²) < 4.78 is 1.38. The Morgan fingerprint density at radius 3 is 2.75 bits per heavy atom. The first kappa shape index (κ1) is 10.4. The molecule has 2 aromatic heterocycles. The first-order chi connectivity index (χ1) is 7.56. The van der Waals surface area contributed by atoms with Gasteiger partial charge in [-0.3, -0.25) is 4.79 Å². The third-order valence-corrected chi connectivity index (χ3v) is 2.10. The summed E-state index contributed by atoms with van der Waals surface area (Å²) in [5, 5.41) is 4.18. The molecule has 6 nitrogen and oxygen atoms in total. The summed E-state index contributed by atoms with van der Waals surface area (Å²) in [6.45, 7) is 0. The lowest BCUT2D eigenvalue weighted by Gasteiger charge is -2.01. The van der Waals surface area contributed by atoms with Gasteiger partial charge in [0.2, 0.25) is 0 Å². The van der Waals surface area contributed by atoms with Gasteiger partial charge in [0.25, 0.3) is 5.91 Å². The van der Waals surface area contributed by atoms with E-state index < -0.39 is 5.91 Å². The predicted molar refractivity (Wildman–Crippen MR) is 59.3 cm³/mol. The molecule has 0 saturated heterocycles. The van der Waals surface area contributed by atoms with Crippen molar-refractivity contribution in [2.24, 2.45) is 5.73 Å². The van der Waals surface area contributed by atoms with Gasteiger partial charge in [0.1, 0.15) is 5.15 Å². The number of aromatic nitrogens is 3. The van der Waals surface area contributed by atoms with Crippen LogP contribution in [0.15, 0.2) is 24.5 Å². The highest BCUT2D eigenvalue weighted by atomic mass is 35.5. The van der Waals surface area contributed by atoms with Crippen molar-refractivity contribution in [3.8, 4) is 5.82 Å². The number of primary amides is 1. The number of anilines is 1. The summed E-state index contributed by atoms with van der Waals surface area (Å²) >= 11 is 5.75. The van der Waals surface area contributed by atoms with Gasteiger partial charge in [-0.1, -0.05) is 11.6 Å². The van der Waals surface area contributed by atoms with Crippen LogP contribution in [0.3, 0.4) is 0 Å². The Morgan fingerprint density at radius 1 is 1.44 bits per heavy atom. The molecule has 0 aliphatic rings. The molecule has 16 heavy (non-hydrogen) atoms. The van der Waals surface area contributed by atoms with Crippen molar-refractivity contribution in [3.05, 3.63) is 35.2 Å². The van der Waals surface area contributed by atoms with Crippen LogP contribution in [0, 0.1) is 0 Å². The van der Waals surface area contributed by atoms with Crippen LogP contribution in [0.1, 0.15) is 10.4 Å². The van der Waals surface area contributed by atoms with E-state index in [1.807, 2.05) is 0 Å². The van der Waals surface area contributed by atoms with Gasteiger partial charge >= 0.3 is 0 Å². The van der Waals surface area contributed by atoms with E-state index in [-0.39, 0.29) is 5.15 Å². The van der Waals surface area contributed by atoms with E-state index in [1.54, 1.807) is 6.07 Å². The third kappa shape index (κ3) is 1.96. The van der Waals surface area contributed by atoms with E-state index in [2.05, 4.69) is 10.1 Å². The van der Waals surface area contributed by atoms with Gasteiger partial charge in [-0.25, -0.2) is 9.67 Å². The van der Waals surface area contributed by atoms with Crippen molar-refractivity contribution in [2.45, 2.75) is 0 Å². The second-order valence-corrected chi connectivity index (χ2v) is 3.51. The largest absolute Gasteiger partial charge is 0.399 e. The van der Waals surface area contributed by atoms with Crippen LogP contribution in [0.5, 0.6) is 0 Å². The Hall–Kier alpha value is -2.08. The lowest BCUT2D eigenvalue weighted by molar-refractivity contribution is 0.100. The van der Waals surface area contributed by atoms with Crippen molar-refractivity contribution in [2.75, 3.05) is 5.73 Å². The zero-order chi connectivity index (χ0) is 11.7. The van der Waals surface area contributed by atoms with Crippen LogP contribution in [-0.2, 0) is 0 Å². The average molecular weight is 238 g/mol. The standard InChI is InChI=1S/C9H8ClN5O/c10-7-1-6(11)2-8(14-7)15-4-5(3-13-15)9(12)16/h1-4H,(H2,11,14)(H2,12,16). The summed E-state index contributed by atoms with van der Waals surface area (Å²) in [5.74, 6) is -0.126. The first-order valence-electron chi connectivity index (χ1n) is 4.34. The fraction of sp³-hybridized carbons (Fsp3) is 0. The number of nitrogens with zero attached hydrogens (tertiary/aromatic N) is 3. The number of nitrogens with two attached hydrogens (primary N) is 2. The van der Waals surface area contributed by atoms with Gasteiger partial charge in [-0.15, -0.1) is 0 Å². The summed E-state index contributed by atoms with van der Waals surface area (Å²) in [7, 11) is 0. The first-order valence-corrected chi connectivity index (χ1v) is 4.72. The molecule has 0 saturated carbocycles. The van der Waals surface area contributed by atoms with Crippen LogP contribution in [-0.4, -0.2) is 20.7 Å². The van der Waals surface area contributed by atoms with Crippen LogP contribution < -0.4 is 11.5 Å². The number of pyridine rings is 1. The van der Waals surface area contributed by atoms with E-state index in [0.717, 1.165) is 0 Å². The summed E-state index contributed by atoms with van der Waals surface area (Å²) in [4.78, 5) is 14.9. The number of carbonyl (C=O) groups is 1. The molecule has 2 rings (SSSR count). The van der Waals surface area contributed by atoms with Gasteiger partial charge in [-0.2, -0.15) is 5.10 Å². The van der Waals surface area contributed by atoms with Gasteiger partial charge in [0.15, 0.2) is 5.82 Å². The van der Waals surface area contributed by atoms with Crippen molar-refractivity contribution >= 4 is 23.2 Å². The molecule has 0 spiro atoms. The highest BCUT2D eigenvalue weighted by Gasteiger charge is 2.07. The minimum absolute atomic E-state index is 0.256. The Labute approximate surface area is 95.8 Å². The molecule has 2 aromatic rings. The van der Waals surface area contributed by atoms with Crippen LogP contribution >= 0.6 is 11.6 Å². The molecule has 0 fully saturated rings.